The van der Waals surface area contributed by atoms with Crippen molar-refractivity contribution < 1.29 is 12.8 Å². The molecule has 0 spiro atoms. The van der Waals surface area contributed by atoms with Crippen molar-refractivity contribution >= 4 is 10.0 Å². The number of hydrogen-bond acceptors (Lipinski definition) is 2. The van der Waals surface area contributed by atoms with Gasteiger partial charge in [0, 0.05) is 12.7 Å². The van der Waals surface area contributed by atoms with Gasteiger partial charge in [-0.15, -0.1) is 0 Å². The predicted molar refractivity (Wildman–Crippen MR) is 54.0 cm³/mol. The summed E-state index contributed by atoms with van der Waals surface area (Å²) in [5.74, 6) is -0.439. The molecule has 0 N–H and O–H groups in total. The van der Waals surface area contributed by atoms with Gasteiger partial charge in [0.15, 0.2) is 0 Å². The lowest BCUT2D eigenvalue weighted by Gasteiger charge is -2.15. The molecule has 0 aromatic heterocycles. The minimum absolute atomic E-state index is 0.121. The molecular weight excluding hydrogens is 217 g/mol. The highest BCUT2D eigenvalue weighted by Gasteiger charge is 2.22. The van der Waals surface area contributed by atoms with Crippen LogP contribution >= 0.6 is 0 Å². The first-order valence-electron chi connectivity index (χ1n) is 4.55. The van der Waals surface area contributed by atoms with Gasteiger partial charge in [-0.25, -0.2) is 12.8 Å². The highest BCUT2D eigenvalue weighted by Crippen LogP contribution is 2.19. The van der Waals surface area contributed by atoms with Crippen molar-refractivity contribution in [2.45, 2.75) is 11.3 Å². The zero-order chi connectivity index (χ0) is 10.9. The van der Waals surface area contributed by atoms with Gasteiger partial charge in [0.1, 0.15) is 5.82 Å². The van der Waals surface area contributed by atoms with Crippen molar-refractivity contribution in [1.82, 2.24) is 4.31 Å². The van der Waals surface area contributed by atoms with Crippen LogP contribution in [0.25, 0.3) is 0 Å². The molecule has 15 heavy (non-hydrogen) atoms. The molecule has 0 radical (unpaired) electrons. The van der Waals surface area contributed by atoms with Crippen LogP contribution in [0.4, 0.5) is 4.39 Å². The highest BCUT2D eigenvalue weighted by atomic mass is 32.2. The summed E-state index contributed by atoms with van der Waals surface area (Å²) in [5.41, 5.74) is 0. The quantitative estimate of drug-likeness (QED) is 0.771. The van der Waals surface area contributed by atoms with Gasteiger partial charge in [-0.05, 0) is 30.7 Å². The largest absolute Gasteiger partial charge is 0.273 e. The molecule has 1 aromatic carbocycles. The van der Waals surface area contributed by atoms with Crippen LogP contribution in [0.1, 0.15) is 6.42 Å². The molecule has 0 unspecified atom stereocenters. The van der Waals surface area contributed by atoms with Gasteiger partial charge < -0.3 is 0 Å². The molecular formula is C10H10FNO2S. The van der Waals surface area contributed by atoms with Crippen LogP contribution < -0.4 is 0 Å². The van der Waals surface area contributed by atoms with E-state index < -0.39 is 15.8 Å². The standard InChI is InChI=1S/C10H10FNO2S/c11-9-3-5-10(6-4-9)15(13,14)12-7-1-2-8-12/h1,3-7H,2,8H2. The van der Waals surface area contributed by atoms with E-state index in [0.717, 1.165) is 18.6 Å². The molecule has 0 fully saturated rings. The summed E-state index contributed by atoms with van der Waals surface area (Å²) in [6.45, 7) is 0.458. The average Bonchev–Trinajstić information content (AvgIpc) is 2.71. The van der Waals surface area contributed by atoms with Crippen LogP contribution in [0.5, 0.6) is 0 Å². The molecule has 0 amide bonds. The lowest BCUT2D eigenvalue weighted by atomic mass is 10.4. The Hall–Kier alpha value is -1.36. The van der Waals surface area contributed by atoms with Crippen LogP contribution in [0.2, 0.25) is 0 Å². The number of sulfonamides is 1. The molecule has 0 bridgehead atoms. The number of halogens is 1. The van der Waals surface area contributed by atoms with Gasteiger partial charge >= 0.3 is 0 Å². The SMILES string of the molecule is O=S(=O)(c1ccc(F)cc1)N1C=CCC1. The van der Waals surface area contributed by atoms with Crippen LogP contribution in [-0.4, -0.2) is 19.3 Å². The second-order valence-electron chi connectivity index (χ2n) is 3.24. The normalized spacial score (nSPS) is 15.9. The van der Waals surface area contributed by atoms with Crippen molar-refractivity contribution in [2.75, 3.05) is 6.54 Å². The summed E-state index contributed by atoms with van der Waals surface area (Å²) < 4.78 is 37.7. The molecule has 2 rings (SSSR count). The number of hydrogen-bond donors (Lipinski definition) is 0. The molecule has 1 aliphatic rings. The monoisotopic (exact) mass is 227 g/mol. The Morgan fingerprint density at radius 3 is 2.40 bits per heavy atom. The number of benzene rings is 1. The van der Waals surface area contributed by atoms with Crippen LogP contribution in [0.15, 0.2) is 41.4 Å². The summed E-state index contributed by atoms with van der Waals surface area (Å²) in [7, 11) is -3.48. The van der Waals surface area contributed by atoms with Gasteiger partial charge in [-0.3, -0.25) is 4.31 Å². The minimum Gasteiger partial charge on any atom is -0.273 e. The number of rotatable bonds is 2. The van der Waals surface area contributed by atoms with Crippen molar-refractivity contribution in [1.29, 1.82) is 0 Å². The van der Waals surface area contributed by atoms with E-state index >= 15 is 0 Å². The van der Waals surface area contributed by atoms with Gasteiger partial charge in [0.2, 0.25) is 0 Å². The van der Waals surface area contributed by atoms with E-state index in [4.69, 9.17) is 0 Å². The predicted octanol–water partition coefficient (Wildman–Crippen LogP) is 1.73. The molecule has 0 saturated heterocycles. The molecule has 5 heteroatoms. The molecule has 3 nitrogen and oxygen atoms in total. The van der Waals surface area contributed by atoms with E-state index in [1.54, 1.807) is 12.3 Å². The van der Waals surface area contributed by atoms with E-state index in [2.05, 4.69) is 0 Å². The van der Waals surface area contributed by atoms with Crippen molar-refractivity contribution in [2.24, 2.45) is 0 Å². The fourth-order valence-corrected chi connectivity index (χ4v) is 2.75. The second kappa shape index (κ2) is 3.66. The van der Waals surface area contributed by atoms with E-state index in [-0.39, 0.29) is 4.90 Å². The molecule has 0 atom stereocenters. The topological polar surface area (TPSA) is 37.4 Å². The third kappa shape index (κ3) is 1.87. The Bertz CT molecular complexity index is 479. The van der Waals surface area contributed by atoms with Crippen LogP contribution in [-0.2, 0) is 10.0 Å². The Morgan fingerprint density at radius 2 is 1.87 bits per heavy atom. The number of nitrogens with zero attached hydrogens (tertiary/aromatic N) is 1. The zero-order valence-corrected chi connectivity index (χ0v) is 8.74. The summed E-state index contributed by atoms with van der Waals surface area (Å²) in [5, 5.41) is 0. The lowest BCUT2D eigenvalue weighted by molar-refractivity contribution is 0.516. The first kappa shape index (κ1) is 10.2. The minimum atomic E-state index is -3.48. The summed E-state index contributed by atoms with van der Waals surface area (Å²) in [6, 6.07) is 4.84. The highest BCUT2D eigenvalue weighted by molar-refractivity contribution is 7.89. The van der Waals surface area contributed by atoms with E-state index in [1.807, 2.05) is 0 Å². The molecule has 1 aliphatic heterocycles. The van der Waals surface area contributed by atoms with E-state index in [1.165, 1.54) is 16.4 Å². The maximum atomic E-state index is 12.6. The third-order valence-corrected chi connectivity index (χ3v) is 4.00. The zero-order valence-electron chi connectivity index (χ0n) is 7.93. The lowest BCUT2D eigenvalue weighted by Crippen LogP contribution is -2.23. The Balaban J connectivity index is 2.37. The molecule has 80 valence electrons. The molecule has 1 aromatic rings. The van der Waals surface area contributed by atoms with E-state index in [0.29, 0.717) is 6.54 Å². The van der Waals surface area contributed by atoms with Gasteiger partial charge in [-0.2, -0.15) is 0 Å². The molecule has 0 aliphatic carbocycles. The van der Waals surface area contributed by atoms with Gasteiger partial charge in [0.05, 0.1) is 4.90 Å². The van der Waals surface area contributed by atoms with Gasteiger partial charge in [0.25, 0.3) is 10.0 Å². The van der Waals surface area contributed by atoms with Crippen molar-refractivity contribution in [3.63, 3.8) is 0 Å². The maximum absolute atomic E-state index is 12.6. The fourth-order valence-electron chi connectivity index (χ4n) is 1.41. The Labute approximate surface area is 87.9 Å². The molecule has 1 heterocycles. The smallest absolute Gasteiger partial charge is 0.263 e. The van der Waals surface area contributed by atoms with Crippen LogP contribution in [0.3, 0.4) is 0 Å². The average molecular weight is 227 g/mol. The van der Waals surface area contributed by atoms with Crippen molar-refractivity contribution in [3.8, 4) is 0 Å². The summed E-state index contributed by atoms with van der Waals surface area (Å²) in [6.07, 6.45) is 4.06. The first-order valence-corrected chi connectivity index (χ1v) is 5.99. The molecule has 0 saturated carbocycles. The second-order valence-corrected chi connectivity index (χ2v) is 5.13. The van der Waals surface area contributed by atoms with Gasteiger partial charge in [-0.1, -0.05) is 6.08 Å². The fraction of sp³-hybridized carbons (Fsp3) is 0.200. The van der Waals surface area contributed by atoms with Crippen LogP contribution in [0, 0.1) is 5.82 Å². The van der Waals surface area contributed by atoms with Crippen molar-refractivity contribution in [3.05, 3.63) is 42.4 Å². The maximum Gasteiger partial charge on any atom is 0.263 e. The summed E-state index contributed by atoms with van der Waals surface area (Å²) in [4.78, 5) is 0.121. The third-order valence-electron chi connectivity index (χ3n) is 2.21. The Kier molecular flexibility index (Phi) is 2.48. The first-order chi connectivity index (χ1) is 7.10. The summed E-state index contributed by atoms with van der Waals surface area (Å²) >= 11 is 0. The van der Waals surface area contributed by atoms with E-state index in [9.17, 15) is 12.8 Å². The Morgan fingerprint density at radius 1 is 1.20 bits per heavy atom.